The van der Waals surface area contributed by atoms with Crippen molar-refractivity contribution in [3.8, 4) is 0 Å². The molecule has 0 amide bonds. The minimum atomic E-state index is -2.48. The molecule has 0 unspecified atom stereocenters. The topological polar surface area (TPSA) is 79.7 Å². The predicted octanol–water partition coefficient (Wildman–Crippen LogP) is 0.524. The van der Waals surface area contributed by atoms with Crippen molar-refractivity contribution in [2.24, 2.45) is 17.9 Å². The first kappa shape index (κ1) is 13.2. The molecule has 0 aliphatic carbocycles. The summed E-state index contributed by atoms with van der Waals surface area (Å²) in [6.45, 7) is 1.21. The molecular weight excluding hydrogens is 232 g/mol. The van der Waals surface area contributed by atoms with Gasteiger partial charge in [0.1, 0.15) is 5.82 Å². The Morgan fingerprint density at radius 1 is 1.65 bits per heavy atom. The van der Waals surface area contributed by atoms with E-state index in [1.165, 1.54) is 16.6 Å². The van der Waals surface area contributed by atoms with Crippen LogP contribution in [0.2, 0.25) is 0 Å². The first-order chi connectivity index (χ1) is 7.88. The van der Waals surface area contributed by atoms with Gasteiger partial charge in [0.05, 0.1) is 17.8 Å². The molecule has 96 valence electrons. The van der Waals surface area contributed by atoms with E-state index in [-0.39, 0.29) is 5.84 Å². The van der Waals surface area contributed by atoms with E-state index in [1.54, 1.807) is 14.0 Å². The molecule has 8 heteroatoms. The molecule has 0 aliphatic heterocycles. The highest BCUT2D eigenvalue weighted by atomic mass is 19.3. The fourth-order valence-electron chi connectivity index (χ4n) is 1.73. The van der Waals surface area contributed by atoms with E-state index >= 15 is 0 Å². The SMILES string of the molecule is Cc1nn(C)c(N(C)CC(F)F)c1C(N)=NO. The lowest BCUT2D eigenvalue weighted by Crippen LogP contribution is -2.28. The Kier molecular flexibility index (Phi) is 3.87. The minimum Gasteiger partial charge on any atom is -0.409 e. The molecule has 1 heterocycles. The van der Waals surface area contributed by atoms with E-state index in [0.717, 1.165) is 0 Å². The van der Waals surface area contributed by atoms with Crippen molar-refractivity contribution in [2.45, 2.75) is 13.3 Å². The highest BCUT2D eigenvalue weighted by Gasteiger charge is 2.21. The first-order valence-corrected chi connectivity index (χ1v) is 4.89. The number of anilines is 1. The van der Waals surface area contributed by atoms with Gasteiger partial charge < -0.3 is 15.8 Å². The van der Waals surface area contributed by atoms with Gasteiger partial charge in [-0.25, -0.2) is 8.78 Å². The van der Waals surface area contributed by atoms with Gasteiger partial charge in [0.15, 0.2) is 5.84 Å². The van der Waals surface area contributed by atoms with E-state index in [9.17, 15) is 8.78 Å². The number of rotatable bonds is 4. The molecule has 0 radical (unpaired) electrons. The monoisotopic (exact) mass is 247 g/mol. The van der Waals surface area contributed by atoms with Crippen molar-refractivity contribution in [2.75, 3.05) is 18.5 Å². The maximum absolute atomic E-state index is 12.3. The summed E-state index contributed by atoms with van der Waals surface area (Å²) < 4.78 is 26.1. The molecule has 0 bridgehead atoms. The Bertz CT molecular complexity index is 429. The van der Waals surface area contributed by atoms with Crippen molar-refractivity contribution >= 4 is 11.7 Å². The number of nitrogens with two attached hydrogens (primary N) is 1. The van der Waals surface area contributed by atoms with E-state index in [0.29, 0.717) is 17.1 Å². The van der Waals surface area contributed by atoms with Crippen LogP contribution in [0, 0.1) is 6.92 Å². The standard InChI is InChI=1S/C9H15F2N5O/c1-5-7(8(12)14-17)9(16(3)13-5)15(2)4-6(10)11/h6,17H,4H2,1-3H3,(H2,12,14). The molecule has 1 aromatic rings. The zero-order valence-electron chi connectivity index (χ0n) is 9.85. The van der Waals surface area contributed by atoms with Gasteiger partial charge in [0.25, 0.3) is 6.43 Å². The second-order valence-corrected chi connectivity index (χ2v) is 3.66. The number of hydrogen-bond acceptors (Lipinski definition) is 4. The average molecular weight is 247 g/mol. The molecule has 0 aliphatic rings. The average Bonchev–Trinajstić information content (AvgIpc) is 2.51. The predicted molar refractivity (Wildman–Crippen MR) is 59.7 cm³/mol. The number of nitrogens with zero attached hydrogens (tertiary/aromatic N) is 4. The van der Waals surface area contributed by atoms with Crippen molar-refractivity contribution in [1.29, 1.82) is 0 Å². The molecule has 0 saturated carbocycles. The lowest BCUT2D eigenvalue weighted by atomic mass is 10.2. The molecular formula is C9H15F2N5O. The smallest absolute Gasteiger partial charge is 0.255 e. The third-order valence-corrected chi connectivity index (χ3v) is 2.33. The molecule has 1 rings (SSSR count). The summed E-state index contributed by atoms with van der Waals surface area (Å²) in [6, 6.07) is 0. The van der Waals surface area contributed by atoms with Crippen LogP contribution < -0.4 is 10.6 Å². The normalized spacial score (nSPS) is 12.2. The number of halogens is 2. The first-order valence-electron chi connectivity index (χ1n) is 4.89. The molecule has 0 atom stereocenters. The summed E-state index contributed by atoms with van der Waals surface area (Å²) in [5.74, 6) is 0.241. The molecule has 1 aromatic heterocycles. The summed E-state index contributed by atoms with van der Waals surface area (Å²) in [5, 5.41) is 15.6. The fraction of sp³-hybridized carbons (Fsp3) is 0.556. The Balaban J connectivity index is 3.22. The summed E-state index contributed by atoms with van der Waals surface area (Å²) >= 11 is 0. The maximum Gasteiger partial charge on any atom is 0.255 e. The third kappa shape index (κ3) is 2.63. The molecule has 0 aromatic carbocycles. The van der Waals surface area contributed by atoms with Gasteiger partial charge in [-0.15, -0.1) is 0 Å². The lowest BCUT2D eigenvalue weighted by molar-refractivity contribution is 0.156. The minimum absolute atomic E-state index is 0.147. The molecule has 0 fully saturated rings. The van der Waals surface area contributed by atoms with E-state index < -0.39 is 13.0 Å². The Labute approximate surface area is 97.3 Å². The van der Waals surface area contributed by atoms with E-state index in [1.807, 2.05) is 0 Å². The maximum atomic E-state index is 12.3. The number of amidine groups is 1. The van der Waals surface area contributed by atoms with Gasteiger partial charge in [0, 0.05) is 14.1 Å². The Morgan fingerprint density at radius 3 is 2.71 bits per heavy atom. The van der Waals surface area contributed by atoms with Crippen molar-refractivity contribution in [3.05, 3.63) is 11.3 Å². The Morgan fingerprint density at radius 2 is 2.24 bits per heavy atom. The van der Waals surface area contributed by atoms with Gasteiger partial charge in [-0.3, -0.25) is 4.68 Å². The molecule has 3 N–H and O–H groups in total. The zero-order chi connectivity index (χ0) is 13.2. The molecule has 0 saturated heterocycles. The largest absolute Gasteiger partial charge is 0.409 e. The molecule has 6 nitrogen and oxygen atoms in total. The van der Waals surface area contributed by atoms with Crippen LogP contribution in [0.25, 0.3) is 0 Å². The summed E-state index contributed by atoms with van der Waals surface area (Å²) in [6.07, 6.45) is -2.48. The highest BCUT2D eigenvalue weighted by Crippen LogP contribution is 2.22. The van der Waals surface area contributed by atoms with Gasteiger partial charge in [-0.2, -0.15) is 5.10 Å². The van der Waals surface area contributed by atoms with Crippen LogP contribution >= 0.6 is 0 Å². The highest BCUT2D eigenvalue weighted by molar-refractivity contribution is 6.02. The van der Waals surface area contributed by atoms with Gasteiger partial charge >= 0.3 is 0 Å². The number of hydrogen-bond donors (Lipinski definition) is 2. The van der Waals surface area contributed by atoms with Crippen LogP contribution in [0.3, 0.4) is 0 Å². The number of alkyl halides is 2. The van der Waals surface area contributed by atoms with Crippen molar-refractivity contribution in [1.82, 2.24) is 9.78 Å². The lowest BCUT2D eigenvalue weighted by Gasteiger charge is -2.20. The summed E-state index contributed by atoms with van der Waals surface area (Å²) in [5.41, 5.74) is 6.38. The molecule has 17 heavy (non-hydrogen) atoms. The van der Waals surface area contributed by atoms with Gasteiger partial charge in [0.2, 0.25) is 0 Å². The Hall–Kier alpha value is -1.86. The van der Waals surface area contributed by atoms with Gasteiger partial charge in [-0.05, 0) is 6.92 Å². The number of oxime groups is 1. The fourth-order valence-corrected chi connectivity index (χ4v) is 1.73. The van der Waals surface area contributed by atoms with Crippen LogP contribution in [0.15, 0.2) is 5.16 Å². The number of aryl methyl sites for hydroxylation is 2. The molecule has 0 spiro atoms. The zero-order valence-corrected chi connectivity index (χ0v) is 9.85. The van der Waals surface area contributed by atoms with E-state index in [2.05, 4.69) is 10.3 Å². The number of aromatic nitrogens is 2. The van der Waals surface area contributed by atoms with Crippen LogP contribution in [-0.2, 0) is 7.05 Å². The van der Waals surface area contributed by atoms with Crippen LogP contribution in [0.5, 0.6) is 0 Å². The summed E-state index contributed by atoms with van der Waals surface area (Å²) in [7, 11) is 3.11. The summed E-state index contributed by atoms with van der Waals surface area (Å²) in [4.78, 5) is 1.32. The van der Waals surface area contributed by atoms with Crippen molar-refractivity contribution < 1.29 is 14.0 Å². The second kappa shape index (κ2) is 4.98. The van der Waals surface area contributed by atoms with Crippen LogP contribution in [0.1, 0.15) is 11.3 Å². The quantitative estimate of drug-likeness (QED) is 0.352. The van der Waals surface area contributed by atoms with Crippen molar-refractivity contribution in [3.63, 3.8) is 0 Å². The van der Waals surface area contributed by atoms with Crippen LogP contribution in [0.4, 0.5) is 14.6 Å². The third-order valence-electron chi connectivity index (χ3n) is 2.33. The van der Waals surface area contributed by atoms with Gasteiger partial charge in [-0.1, -0.05) is 5.16 Å². The van der Waals surface area contributed by atoms with Crippen LogP contribution in [-0.4, -0.2) is 40.8 Å². The second-order valence-electron chi connectivity index (χ2n) is 3.66. The van der Waals surface area contributed by atoms with E-state index in [4.69, 9.17) is 10.9 Å².